The van der Waals surface area contributed by atoms with E-state index in [2.05, 4.69) is 43.5 Å². The number of pyridine rings is 1. The van der Waals surface area contributed by atoms with Crippen molar-refractivity contribution in [2.75, 3.05) is 0 Å². The Balaban J connectivity index is 1.84. The van der Waals surface area contributed by atoms with E-state index in [4.69, 9.17) is 16.6 Å². The monoisotopic (exact) mass is 453 g/mol. The van der Waals surface area contributed by atoms with Gasteiger partial charge in [0.05, 0.1) is 11.3 Å². The molecule has 4 nitrogen and oxygen atoms in total. The smallest absolute Gasteiger partial charge is 0.165 e. The molecule has 0 fully saturated rings. The highest BCUT2D eigenvalue weighted by atomic mass is 35.5. The summed E-state index contributed by atoms with van der Waals surface area (Å²) in [5, 5.41) is 11.4. The van der Waals surface area contributed by atoms with Gasteiger partial charge in [0.15, 0.2) is 5.78 Å². The topological polar surface area (TPSA) is 58.7 Å². The summed E-state index contributed by atoms with van der Waals surface area (Å²) in [6, 6.07) is 20.0. The molecule has 0 radical (unpaired) electrons. The molecule has 2 aromatic heterocycles. The first-order chi connectivity index (χ1) is 15.8. The van der Waals surface area contributed by atoms with Gasteiger partial charge in [0.2, 0.25) is 0 Å². The number of nitriles is 1. The number of carbonyl (C=O) groups excluding carboxylic acids is 1. The molecule has 1 aliphatic carbocycles. The van der Waals surface area contributed by atoms with Gasteiger partial charge in [0, 0.05) is 39.7 Å². The summed E-state index contributed by atoms with van der Waals surface area (Å²) in [5.74, 6) is 0.152. The Hall–Kier alpha value is -3.42. The van der Waals surface area contributed by atoms with E-state index < -0.39 is 0 Å². The van der Waals surface area contributed by atoms with Crippen molar-refractivity contribution < 1.29 is 4.79 Å². The van der Waals surface area contributed by atoms with Crippen LogP contribution in [0.5, 0.6) is 0 Å². The van der Waals surface area contributed by atoms with Crippen molar-refractivity contribution in [2.24, 2.45) is 0 Å². The van der Waals surface area contributed by atoms with E-state index in [0.29, 0.717) is 29.0 Å². The number of aromatic nitrogens is 2. The van der Waals surface area contributed by atoms with Gasteiger partial charge in [0.1, 0.15) is 11.7 Å². The minimum atomic E-state index is -0.274. The number of benzene rings is 2. The highest BCUT2D eigenvalue weighted by Crippen LogP contribution is 2.42. The van der Waals surface area contributed by atoms with Gasteiger partial charge in [-0.3, -0.25) is 4.79 Å². The number of carbonyl (C=O) groups is 1. The molecule has 1 aliphatic rings. The summed E-state index contributed by atoms with van der Waals surface area (Å²) in [6.07, 6.45) is 2.97. The summed E-state index contributed by atoms with van der Waals surface area (Å²) in [5.41, 5.74) is 5.24. The summed E-state index contributed by atoms with van der Waals surface area (Å²) in [4.78, 5) is 18.7. The van der Waals surface area contributed by atoms with Crippen LogP contribution in [-0.4, -0.2) is 15.3 Å². The Bertz CT molecular complexity index is 1420. The average Bonchev–Trinajstić information content (AvgIpc) is 3.18. The number of Topliss-reactive ketones (excluding diaryl/α,β-unsaturated/α-hetero) is 1. The maximum Gasteiger partial charge on any atom is 0.165 e. The van der Waals surface area contributed by atoms with Crippen molar-refractivity contribution in [1.29, 1.82) is 5.26 Å². The highest BCUT2D eigenvalue weighted by molar-refractivity contribution is 6.30. The first-order valence-electron chi connectivity index (χ1n) is 11.1. The third-order valence-electron chi connectivity index (χ3n) is 6.41. The minimum Gasteiger partial charge on any atom is -0.326 e. The van der Waals surface area contributed by atoms with Crippen molar-refractivity contribution >= 4 is 28.4 Å². The highest BCUT2D eigenvalue weighted by Gasteiger charge is 2.33. The van der Waals surface area contributed by atoms with Crippen LogP contribution in [0.15, 0.2) is 60.8 Å². The van der Waals surface area contributed by atoms with E-state index in [1.165, 1.54) is 0 Å². The predicted molar refractivity (Wildman–Crippen MR) is 132 cm³/mol. The van der Waals surface area contributed by atoms with Crippen LogP contribution in [-0.2, 0) is 12.0 Å². The molecule has 2 aromatic carbocycles. The van der Waals surface area contributed by atoms with Crippen LogP contribution in [0.25, 0.3) is 22.2 Å². The molecule has 1 atom stereocenters. The molecular formula is C28H24ClN3O. The molecule has 0 aliphatic heterocycles. The fraction of sp³-hybridized carbons (Fsp3) is 0.250. The number of ketones is 1. The lowest BCUT2D eigenvalue weighted by Crippen LogP contribution is -2.24. The quantitative estimate of drug-likeness (QED) is 0.331. The van der Waals surface area contributed by atoms with Gasteiger partial charge in [-0.1, -0.05) is 54.1 Å². The first-order valence-corrected chi connectivity index (χ1v) is 11.5. The van der Waals surface area contributed by atoms with Gasteiger partial charge < -0.3 is 4.57 Å². The van der Waals surface area contributed by atoms with Gasteiger partial charge in [0.25, 0.3) is 0 Å². The molecule has 0 N–H and O–H groups in total. The van der Waals surface area contributed by atoms with E-state index in [1.807, 2.05) is 48.7 Å². The Morgan fingerprint density at radius 2 is 1.73 bits per heavy atom. The lowest BCUT2D eigenvalue weighted by atomic mass is 9.78. The molecule has 2 heterocycles. The normalized spacial score (nSPS) is 16.0. The average molecular weight is 454 g/mol. The molecule has 0 spiro atoms. The molecule has 5 rings (SSSR count). The molecule has 0 saturated carbocycles. The van der Waals surface area contributed by atoms with E-state index >= 15 is 0 Å². The second-order valence-corrected chi connectivity index (χ2v) is 10.1. The Kier molecular flexibility index (Phi) is 5.11. The van der Waals surface area contributed by atoms with Crippen LogP contribution in [0.1, 0.15) is 60.3 Å². The Morgan fingerprint density at radius 1 is 1.03 bits per heavy atom. The third kappa shape index (κ3) is 3.63. The predicted octanol–water partition coefficient (Wildman–Crippen LogP) is 6.90. The van der Waals surface area contributed by atoms with Gasteiger partial charge in [-0.05, 0) is 56.4 Å². The fourth-order valence-corrected chi connectivity index (χ4v) is 4.97. The summed E-state index contributed by atoms with van der Waals surface area (Å²) in [6.45, 7) is 6.28. The van der Waals surface area contributed by atoms with Crippen LogP contribution in [0.4, 0.5) is 0 Å². The van der Waals surface area contributed by atoms with Gasteiger partial charge in [-0.15, -0.1) is 0 Å². The van der Waals surface area contributed by atoms with E-state index in [-0.39, 0.29) is 17.2 Å². The summed E-state index contributed by atoms with van der Waals surface area (Å²) in [7, 11) is 0. The van der Waals surface area contributed by atoms with Gasteiger partial charge in [-0.25, -0.2) is 4.98 Å². The number of fused-ring (bicyclic) bond motifs is 2. The van der Waals surface area contributed by atoms with Crippen LogP contribution >= 0.6 is 11.6 Å². The minimum absolute atomic E-state index is 0.0665. The van der Waals surface area contributed by atoms with E-state index in [9.17, 15) is 10.1 Å². The molecule has 0 bridgehead atoms. The number of nitrogens with zero attached hydrogens (tertiary/aromatic N) is 3. The zero-order valence-electron chi connectivity index (χ0n) is 18.9. The zero-order valence-corrected chi connectivity index (χ0v) is 19.6. The van der Waals surface area contributed by atoms with Crippen LogP contribution in [0, 0.1) is 11.3 Å². The fourth-order valence-electron chi connectivity index (χ4n) is 4.85. The van der Waals surface area contributed by atoms with Crippen molar-refractivity contribution in [1.82, 2.24) is 9.55 Å². The number of rotatable bonds is 2. The second-order valence-electron chi connectivity index (χ2n) is 9.65. The van der Waals surface area contributed by atoms with Crippen molar-refractivity contribution in [2.45, 2.75) is 45.1 Å². The molecule has 5 heteroatoms. The molecule has 0 saturated heterocycles. The summed E-state index contributed by atoms with van der Waals surface area (Å²) >= 11 is 6.16. The lowest BCUT2D eigenvalue weighted by molar-refractivity contribution is 0.0964. The summed E-state index contributed by atoms with van der Waals surface area (Å²) < 4.78 is 2.05. The van der Waals surface area contributed by atoms with E-state index in [0.717, 1.165) is 33.4 Å². The standard InChI is InChI=1S/C28H24ClN3O/c1-28(2,3)32-16-20(15-30)25-24(18-9-11-21(29)12-10-18)26-22(31-27(25)32)13-19(14-23(26)33)17-7-5-4-6-8-17/h4-12,16,19H,13-14H2,1-3H3/t19-/m1/s1. The van der Waals surface area contributed by atoms with Crippen molar-refractivity contribution in [3.05, 3.63) is 88.2 Å². The third-order valence-corrected chi connectivity index (χ3v) is 6.66. The maximum atomic E-state index is 13.6. The SMILES string of the molecule is CC(C)(C)n1cc(C#N)c2c(-c3ccc(Cl)cc3)c3c(nc21)C[C@@H](c1ccccc1)CC3=O. The van der Waals surface area contributed by atoms with Gasteiger partial charge >= 0.3 is 0 Å². The molecule has 33 heavy (non-hydrogen) atoms. The lowest BCUT2D eigenvalue weighted by Gasteiger charge is -2.27. The van der Waals surface area contributed by atoms with Crippen LogP contribution in [0.2, 0.25) is 5.02 Å². The largest absolute Gasteiger partial charge is 0.326 e. The molecular weight excluding hydrogens is 430 g/mol. The number of hydrogen-bond donors (Lipinski definition) is 0. The van der Waals surface area contributed by atoms with Gasteiger partial charge in [-0.2, -0.15) is 5.26 Å². The van der Waals surface area contributed by atoms with Crippen molar-refractivity contribution in [3.63, 3.8) is 0 Å². The molecule has 164 valence electrons. The second kappa shape index (κ2) is 7.86. The zero-order chi connectivity index (χ0) is 23.3. The van der Waals surface area contributed by atoms with Crippen LogP contribution < -0.4 is 0 Å². The molecule has 0 amide bonds. The number of hydrogen-bond acceptors (Lipinski definition) is 3. The first kappa shape index (κ1) is 21.4. The number of halogens is 1. The Labute approximate surface area is 198 Å². The molecule has 0 unspecified atom stereocenters. The maximum absolute atomic E-state index is 13.6. The van der Waals surface area contributed by atoms with E-state index in [1.54, 1.807) is 0 Å². The van der Waals surface area contributed by atoms with Crippen molar-refractivity contribution in [3.8, 4) is 17.2 Å². The van der Waals surface area contributed by atoms with Crippen LogP contribution in [0.3, 0.4) is 0 Å². The molecule has 4 aromatic rings. The Morgan fingerprint density at radius 3 is 2.36 bits per heavy atom.